The van der Waals surface area contributed by atoms with Crippen LogP contribution in [-0.4, -0.2) is 54.9 Å². The van der Waals surface area contributed by atoms with Crippen molar-refractivity contribution in [3.8, 4) is 0 Å². The standard InChI is InChI=1S/C15H22N2O/c1-3-16-7-9-17(10-8-16)12-15(18)14-6-4-5-13(2)11-14/h4-6,11H,3,7-10,12H2,1-2H3. The molecule has 0 unspecified atom stereocenters. The molecule has 1 fully saturated rings. The fourth-order valence-corrected chi connectivity index (χ4v) is 2.38. The maximum Gasteiger partial charge on any atom is 0.176 e. The Morgan fingerprint density at radius 1 is 1.17 bits per heavy atom. The monoisotopic (exact) mass is 246 g/mol. The summed E-state index contributed by atoms with van der Waals surface area (Å²) in [7, 11) is 0. The lowest BCUT2D eigenvalue weighted by Gasteiger charge is -2.33. The first-order valence-corrected chi connectivity index (χ1v) is 6.73. The van der Waals surface area contributed by atoms with Gasteiger partial charge in [-0.3, -0.25) is 9.69 Å². The van der Waals surface area contributed by atoms with Gasteiger partial charge in [-0.1, -0.05) is 30.7 Å². The van der Waals surface area contributed by atoms with Gasteiger partial charge in [0.05, 0.1) is 6.54 Å². The Bertz CT molecular complexity index is 409. The highest BCUT2D eigenvalue weighted by Crippen LogP contribution is 2.07. The van der Waals surface area contributed by atoms with Gasteiger partial charge >= 0.3 is 0 Å². The first-order valence-electron chi connectivity index (χ1n) is 6.73. The number of ketones is 1. The Kier molecular flexibility index (Phi) is 4.50. The van der Waals surface area contributed by atoms with Gasteiger partial charge in [0.2, 0.25) is 0 Å². The average molecular weight is 246 g/mol. The van der Waals surface area contributed by atoms with Crippen LogP contribution in [0.25, 0.3) is 0 Å². The molecular formula is C15H22N2O. The average Bonchev–Trinajstić information content (AvgIpc) is 2.39. The van der Waals surface area contributed by atoms with Gasteiger partial charge in [0.25, 0.3) is 0 Å². The molecule has 0 aliphatic carbocycles. The molecule has 0 saturated carbocycles. The summed E-state index contributed by atoms with van der Waals surface area (Å²) >= 11 is 0. The number of rotatable bonds is 4. The summed E-state index contributed by atoms with van der Waals surface area (Å²) < 4.78 is 0. The predicted octanol–water partition coefficient (Wildman–Crippen LogP) is 1.82. The lowest BCUT2D eigenvalue weighted by Crippen LogP contribution is -2.47. The number of benzene rings is 1. The van der Waals surface area contributed by atoms with Crippen LogP contribution in [0.1, 0.15) is 22.8 Å². The Hall–Kier alpha value is -1.19. The van der Waals surface area contributed by atoms with E-state index in [1.165, 1.54) is 0 Å². The van der Waals surface area contributed by atoms with Gasteiger partial charge in [-0.05, 0) is 19.5 Å². The molecule has 18 heavy (non-hydrogen) atoms. The number of hydrogen-bond acceptors (Lipinski definition) is 3. The SMILES string of the molecule is CCN1CCN(CC(=O)c2cccc(C)c2)CC1. The molecule has 1 aromatic rings. The van der Waals surface area contributed by atoms with Crippen LogP contribution < -0.4 is 0 Å². The molecule has 0 spiro atoms. The van der Waals surface area contributed by atoms with Crippen molar-refractivity contribution in [3.63, 3.8) is 0 Å². The molecule has 2 rings (SSSR count). The van der Waals surface area contributed by atoms with Crippen LogP contribution in [0.5, 0.6) is 0 Å². The van der Waals surface area contributed by atoms with E-state index in [1.54, 1.807) is 0 Å². The Balaban J connectivity index is 1.89. The molecule has 0 bridgehead atoms. The summed E-state index contributed by atoms with van der Waals surface area (Å²) in [5.74, 6) is 0.239. The molecule has 0 amide bonds. The number of carbonyl (C=O) groups excluding carboxylic acids is 1. The molecule has 1 saturated heterocycles. The van der Waals surface area contributed by atoms with Gasteiger partial charge in [0.1, 0.15) is 0 Å². The zero-order chi connectivity index (χ0) is 13.0. The van der Waals surface area contributed by atoms with Crippen LogP contribution in [0.15, 0.2) is 24.3 Å². The Labute approximate surface area is 109 Å². The van der Waals surface area contributed by atoms with Gasteiger partial charge < -0.3 is 4.90 Å². The second-order valence-electron chi connectivity index (χ2n) is 5.00. The van der Waals surface area contributed by atoms with E-state index in [2.05, 4.69) is 16.7 Å². The third-order valence-corrected chi connectivity index (χ3v) is 3.62. The van der Waals surface area contributed by atoms with Gasteiger partial charge in [0.15, 0.2) is 5.78 Å². The summed E-state index contributed by atoms with van der Waals surface area (Å²) in [5.41, 5.74) is 1.99. The summed E-state index contributed by atoms with van der Waals surface area (Å²) in [4.78, 5) is 16.8. The lowest BCUT2D eigenvalue weighted by molar-refractivity contribution is 0.0859. The van der Waals surface area contributed by atoms with Crippen LogP contribution in [0.4, 0.5) is 0 Å². The highest BCUT2D eigenvalue weighted by atomic mass is 16.1. The minimum atomic E-state index is 0.239. The number of carbonyl (C=O) groups is 1. The Morgan fingerprint density at radius 2 is 1.83 bits per heavy atom. The van der Waals surface area contributed by atoms with Crippen molar-refractivity contribution in [2.45, 2.75) is 13.8 Å². The normalized spacial score (nSPS) is 17.9. The smallest absolute Gasteiger partial charge is 0.176 e. The number of aryl methyl sites for hydroxylation is 1. The van der Waals surface area contributed by atoms with E-state index >= 15 is 0 Å². The molecule has 0 radical (unpaired) electrons. The minimum absolute atomic E-state index is 0.239. The minimum Gasteiger partial charge on any atom is -0.301 e. The van der Waals surface area contributed by atoms with E-state index in [4.69, 9.17) is 0 Å². The van der Waals surface area contributed by atoms with Crippen molar-refractivity contribution >= 4 is 5.78 Å². The van der Waals surface area contributed by atoms with Crippen LogP contribution in [0, 0.1) is 6.92 Å². The summed E-state index contributed by atoms with van der Waals surface area (Å²) in [5, 5.41) is 0. The zero-order valence-corrected chi connectivity index (χ0v) is 11.4. The number of likely N-dealkylation sites (N-methyl/N-ethyl adjacent to an activating group) is 1. The quantitative estimate of drug-likeness (QED) is 0.757. The highest BCUT2D eigenvalue weighted by molar-refractivity contribution is 5.97. The molecule has 1 heterocycles. The largest absolute Gasteiger partial charge is 0.301 e. The zero-order valence-electron chi connectivity index (χ0n) is 11.4. The van der Waals surface area contributed by atoms with Crippen molar-refractivity contribution < 1.29 is 4.79 Å². The van der Waals surface area contributed by atoms with Crippen molar-refractivity contribution in [1.29, 1.82) is 0 Å². The lowest BCUT2D eigenvalue weighted by atomic mass is 10.1. The molecule has 0 atom stereocenters. The molecule has 0 aromatic heterocycles. The molecule has 3 nitrogen and oxygen atoms in total. The molecule has 1 aliphatic heterocycles. The fraction of sp³-hybridized carbons (Fsp3) is 0.533. The second kappa shape index (κ2) is 6.12. The van der Waals surface area contributed by atoms with Crippen LogP contribution in [-0.2, 0) is 0 Å². The number of piperazine rings is 1. The summed E-state index contributed by atoms with van der Waals surface area (Å²) in [6, 6.07) is 7.87. The molecule has 0 N–H and O–H groups in total. The Morgan fingerprint density at radius 3 is 2.44 bits per heavy atom. The van der Waals surface area contributed by atoms with E-state index in [0.29, 0.717) is 6.54 Å². The van der Waals surface area contributed by atoms with E-state index in [-0.39, 0.29) is 5.78 Å². The maximum absolute atomic E-state index is 12.2. The molecule has 1 aliphatic rings. The third-order valence-electron chi connectivity index (χ3n) is 3.62. The maximum atomic E-state index is 12.2. The van der Waals surface area contributed by atoms with Gasteiger partial charge in [-0.15, -0.1) is 0 Å². The van der Waals surface area contributed by atoms with Crippen LogP contribution >= 0.6 is 0 Å². The third kappa shape index (κ3) is 3.40. The van der Waals surface area contributed by atoms with Gasteiger partial charge in [-0.25, -0.2) is 0 Å². The van der Waals surface area contributed by atoms with Crippen molar-refractivity contribution in [2.24, 2.45) is 0 Å². The summed E-state index contributed by atoms with van der Waals surface area (Å²) in [6.07, 6.45) is 0. The van der Waals surface area contributed by atoms with Crippen LogP contribution in [0.2, 0.25) is 0 Å². The number of nitrogens with zero attached hydrogens (tertiary/aromatic N) is 2. The van der Waals surface area contributed by atoms with Crippen LogP contribution in [0.3, 0.4) is 0 Å². The topological polar surface area (TPSA) is 23.6 Å². The van der Waals surface area contributed by atoms with Gasteiger partial charge in [-0.2, -0.15) is 0 Å². The van der Waals surface area contributed by atoms with Crippen molar-refractivity contribution in [3.05, 3.63) is 35.4 Å². The molecule has 3 heteroatoms. The van der Waals surface area contributed by atoms with Gasteiger partial charge in [0, 0.05) is 31.7 Å². The molecule has 98 valence electrons. The molecular weight excluding hydrogens is 224 g/mol. The first kappa shape index (κ1) is 13.2. The fourth-order valence-electron chi connectivity index (χ4n) is 2.38. The van der Waals surface area contributed by atoms with E-state index in [0.717, 1.165) is 43.9 Å². The van der Waals surface area contributed by atoms with E-state index < -0.39 is 0 Å². The number of hydrogen-bond donors (Lipinski definition) is 0. The van der Waals surface area contributed by atoms with E-state index in [1.807, 2.05) is 31.2 Å². The predicted molar refractivity (Wildman–Crippen MR) is 74.1 cm³/mol. The first-order chi connectivity index (χ1) is 8.69. The highest BCUT2D eigenvalue weighted by Gasteiger charge is 2.18. The molecule has 1 aromatic carbocycles. The number of Topliss-reactive ketones (excluding diaryl/α,β-unsaturated/α-hetero) is 1. The second-order valence-corrected chi connectivity index (χ2v) is 5.00. The summed E-state index contributed by atoms with van der Waals surface area (Å²) in [6.45, 7) is 10.1. The van der Waals surface area contributed by atoms with Crippen molar-refractivity contribution in [1.82, 2.24) is 9.80 Å². The van der Waals surface area contributed by atoms with E-state index in [9.17, 15) is 4.79 Å². The van der Waals surface area contributed by atoms with Crippen molar-refractivity contribution in [2.75, 3.05) is 39.3 Å².